The molecule has 2 atom stereocenters. The van der Waals surface area contributed by atoms with E-state index >= 15 is 0 Å². The Kier molecular flexibility index (Phi) is 3.88. The lowest BCUT2D eigenvalue weighted by molar-refractivity contribution is -0.118. The van der Waals surface area contributed by atoms with Crippen LogP contribution in [0.1, 0.15) is 27.7 Å². The van der Waals surface area contributed by atoms with Gasteiger partial charge in [-0.25, -0.2) is 4.98 Å². The number of amides is 1. The van der Waals surface area contributed by atoms with Gasteiger partial charge in [-0.1, -0.05) is 25.5 Å². The fourth-order valence-electron chi connectivity index (χ4n) is 3.05. The third-order valence-corrected chi connectivity index (χ3v) is 5.20. The van der Waals surface area contributed by atoms with Crippen LogP contribution < -0.4 is 5.32 Å². The molecule has 1 aliphatic carbocycles. The van der Waals surface area contributed by atoms with Crippen LogP contribution in [0.25, 0.3) is 11.3 Å². The van der Waals surface area contributed by atoms with Gasteiger partial charge in [-0.15, -0.1) is 11.3 Å². The average molecular weight is 330 g/mol. The average Bonchev–Trinajstić information content (AvgIpc) is 2.87. The Morgan fingerprint density at radius 1 is 1.43 bits per heavy atom. The molecule has 0 spiro atoms. The van der Waals surface area contributed by atoms with E-state index in [1.807, 2.05) is 18.6 Å². The molecule has 1 amide bonds. The van der Waals surface area contributed by atoms with E-state index in [0.29, 0.717) is 11.0 Å². The quantitative estimate of drug-likeness (QED) is 0.869. The van der Waals surface area contributed by atoms with Crippen molar-refractivity contribution in [3.8, 4) is 11.3 Å². The SMILES string of the molecule is CC(C)=C[C@@H]1[C@@H](C(=O)Nc2nc(-c3cnn(C)c3)cs2)C1(C)C. The van der Waals surface area contributed by atoms with Crippen molar-refractivity contribution >= 4 is 22.4 Å². The zero-order valence-corrected chi connectivity index (χ0v) is 14.9. The van der Waals surface area contributed by atoms with E-state index in [-0.39, 0.29) is 17.2 Å². The highest BCUT2D eigenvalue weighted by atomic mass is 32.1. The molecule has 0 bridgehead atoms. The summed E-state index contributed by atoms with van der Waals surface area (Å²) in [5.74, 6) is 0.387. The van der Waals surface area contributed by atoms with Gasteiger partial charge in [-0.2, -0.15) is 5.10 Å². The maximum absolute atomic E-state index is 12.5. The molecular formula is C17H22N4OS. The molecule has 1 fully saturated rings. The molecule has 0 saturated heterocycles. The Morgan fingerprint density at radius 3 is 2.78 bits per heavy atom. The van der Waals surface area contributed by atoms with Gasteiger partial charge in [0.25, 0.3) is 0 Å². The molecule has 6 heteroatoms. The number of aryl methyl sites for hydroxylation is 1. The van der Waals surface area contributed by atoms with Gasteiger partial charge in [0, 0.05) is 24.2 Å². The van der Waals surface area contributed by atoms with E-state index in [4.69, 9.17) is 0 Å². The van der Waals surface area contributed by atoms with Crippen LogP contribution in [0.15, 0.2) is 29.4 Å². The molecule has 1 N–H and O–H groups in total. The molecule has 2 aromatic heterocycles. The highest BCUT2D eigenvalue weighted by molar-refractivity contribution is 7.14. The topological polar surface area (TPSA) is 59.8 Å². The van der Waals surface area contributed by atoms with Crippen LogP contribution in [0.5, 0.6) is 0 Å². The first-order valence-corrected chi connectivity index (χ1v) is 8.57. The van der Waals surface area contributed by atoms with Crippen LogP contribution >= 0.6 is 11.3 Å². The molecule has 0 aromatic carbocycles. The van der Waals surface area contributed by atoms with Gasteiger partial charge in [0.15, 0.2) is 5.13 Å². The van der Waals surface area contributed by atoms with E-state index in [1.54, 1.807) is 10.9 Å². The number of hydrogen-bond donors (Lipinski definition) is 1. The van der Waals surface area contributed by atoms with Gasteiger partial charge in [0.05, 0.1) is 17.8 Å². The number of rotatable bonds is 4. The zero-order valence-electron chi connectivity index (χ0n) is 14.1. The van der Waals surface area contributed by atoms with Gasteiger partial charge < -0.3 is 5.32 Å². The standard InChI is InChI=1S/C17H22N4OS/c1-10(2)6-12-14(17(12,3)4)15(22)20-16-19-13(9-23-16)11-7-18-21(5)8-11/h6-9,12,14H,1-5H3,(H,19,20,22)/t12-,14+/m1/s1. The van der Waals surface area contributed by atoms with Crippen molar-refractivity contribution in [2.75, 3.05) is 5.32 Å². The van der Waals surface area contributed by atoms with Crippen LogP contribution in [0.3, 0.4) is 0 Å². The summed E-state index contributed by atoms with van der Waals surface area (Å²) >= 11 is 1.45. The summed E-state index contributed by atoms with van der Waals surface area (Å²) in [7, 11) is 1.87. The fraction of sp³-hybridized carbons (Fsp3) is 0.471. The largest absolute Gasteiger partial charge is 0.302 e. The summed E-state index contributed by atoms with van der Waals surface area (Å²) < 4.78 is 1.74. The van der Waals surface area contributed by atoms with E-state index in [0.717, 1.165) is 11.3 Å². The lowest BCUT2D eigenvalue weighted by atomic mass is 10.1. The molecule has 0 aliphatic heterocycles. The Hall–Kier alpha value is -1.95. The van der Waals surface area contributed by atoms with Gasteiger partial charge in [0.2, 0.25) is 5.91 Å². The van der Waals surface area contributed by atoms with Crippen LogP contribution in [-0.2, 0) is 11.8 Å². The predicted octanol–water partition coefficient (Wildman–Crippen LogP) is 3.72. The molecular weight excluding hydrogens is 308 g/mol. The van der Waals surface area contributed by atoms with Gasteiger partial charge >= 0.3 is 0 Å². The van der Waals surface area contributed by atoms with E-state index in [9.17, 15) is 4.79 Å². The Labute approximate surface area is 140 Å². The van der Waals surface area contributed by atoms with Crippen molar-refractivity contribution in [2.24, 2.45) is 24.3 Å². The third kappa shape index (κ3) is 3.08. The summed E-state index contributed by atoms with van der Waals surface area (Å²) in [6.07, 6.45) is 5.89. The summed E-state index contributed by atoms with van der Waals surface area (Å²) in [4.78, 5) is 17.0. The second-order valence-corrected chi connectivity index (χ2v) is 7.86. The third-order valence-electron chi connectivity index (χ3n) is 4.44. The van der Waals surface area contributed by atoms with E-state index in [2.05, 4.69) is 49.2 Å². The fourth-order valence-corrected chi connectivity index (χ4v) is 3.77. The maximum Gasteiger partial charge on any atom is 0.230 e. The van der Waals surface area contributed by atoms with Crippen molar-refractivity contribution in [1.82, 2.24) is 14.8 Å². The second-order valence-electron chi connectivity index (χ2n) is 7.00. The highest BCUT2D eigenvalue weighted by Crippen LogP contribution is 2.59. The number of aromatic nitrogens is 3. The van der Waals surface area contributed by atoms with Crippen LogP contribution in [-0.4, -0.2) is 20.7 Å². The minimum atomic E-state index is 0.0168. The van der Waals surface area contributed by atoms with Crippen molar-refractivity contribution in [1.29, 1.82) is 0 Å². The number of allylic oxidation sites excluding steroid dienone is 2. The van der Waals surface area contributed by atoms with Gasteiger partial charge in [0.1, 0.15) is 0 Å². The van der Waals surface area contributed by atoms with Crippen molar-refractivity contribution in [3.05, 3.63) is 29.4 Å². The normalized spacial score (nSPS) is 21.8. The molecule has 0 unspecified atom stereocenters. The Balaban J connectivity index is 1.70. The monoisotopic (exact) mass is 330 g/mol. The number of nitrogens with one attached hydrogen (secondary N) is 1. The molecule has 23 heavy (non-hydrogen) atoms. The van der Waals surface area contributed by atoms with E-state index < -0.39 is 0 Å². The van der Waals surface area contributed by atoms with Crippen molar-refractivity contribution in [3.63, 3.8) is 0 Å². The van der Waals surface area contributed by atoms with Crippen LogP contribution in [0.4, 0.5) is 5.13 Å². The molecule has 1 aliphatic rings. The lowest BCUT2D eigenvalue weighted by Gasteiger charge is -2.02. The number of carbonyl (C=O) groups excluding carboxylic acids is 1. The molecule has 0 radical (unpaired) electrons. The Bertz CT molecular complexity index is 767. The molecule has 1 saturated carbocycles. The van der Waals surface area contributed by atoms with Crippen LogP contribution in [0, 0.1) is 17.3 Å². The number of anilines is 1. The molecule has 3 rings (SSSR count). The predicted molar refractivity (Wildman–Crippen MR) is 93.1 cm³/mol. The van der Waals surface area contributed by atoms with Gasteiger partial charge in [-0.3, -0.25) is 9.48 Å². The minimum Gasteiger partial charge on any atom is -0.302 e. The van der Waals surface area contributed by atoms with Crippen molar-refractivity contribution < 1.29 is 4.79 Å². The summed E-state index contributed by atoms with van der Waals surface area (Å²) in [5, 5.41) is 9.71. The Morgan fingerprint density at radius 2 is 2.17 bits per heavy atom. The number of hydrogen-bond acceptors (Lipinski definition) is 4. The first kappa shape index (κ1) is 15.9. The minimum absolute atomic E-state index is 0.0168. The highest BCUT2D eigenvalue weighted by Gasteiger charge is 2.60. The first-order valence-electron chi connectivity index (χ1n) is 7.69. The van der Waals surface area contributed by atoms with Crippen LogP contribution in [0.2, 0.25) is 0 Å². The number of nitrogens with zero attached hydrogens (tertiary/aromatic N) is 3. The molecule has 122 valence electrons. The maximum atomic E-state index is 12.5. The molecule has 2 aromatic rings. The molecule has 5 nitrogen and oxygen atoms in total. The zero-order chi connectivity index (χ0) is 16.8. The smallest absolute Gasteiger partial charge is 0.230 e. The summed E-state index contributed by atoms with van der Waals surface area (Å²) in [5.41, 5.74) is 3.07. The summed E-state index contributed by atoms with van der Waals surface area (Å²) in [6.45, 7) is 8.43. The second kappa shape index (κ2) is 5.60. The summed E-state index contributed by atoms with van der Waals surface area (Å²) in [6, 6.07) is 0. The van der Waals surface area contributed by atoms with E-state index in [1.165, 1.54) is 16.9 Å². The molecule has 2 heterocycles. The van der Waals surface area contributed by atoms with Crippen molar-refractivity contribution in [2.45, 2.75) is 27.7 Å². The van der Waals surface area contributed by atoms with Gasteiger partial charge in [-0.05, 0) is 25.2 Å². The number of carbonyl (C=O) groups is 1. The number of thiazole rings is 1. The first-order chi connectivity index (χ1) is 10.8. The lowest BCUT2D eigenvalue weighted by Crippen LogP contribution is -2.16.